The van der Waals surface area contributed by atoms with Crippen molar-refractivity contribution in [2.45, 2.75) is 31.0 Å². The Hall–Kier alpha value is -2.09. The summed E-state index contributed by atoms with van der Waals surface area (Å²) >= 11 is 1.32. The van der Waals surface area contributed by atoms with Gasteiger partial charge in [0.25, 0.3) is 0 Å². The fourth-order valence-corrected chi connectivity index (χ4v) is 3.00. The molecule has 1 aliphatic carbocycles. The zero-order valence-electron chi connectivity index (χ0n) is 13.1. The number of rotatable bonds is 7. The normalized spacial score (nSPS) is 15.2. The SMILES string of the molecule is COc1ccc(-n2nnnc2SCC(=O)N[C@@H](C)C2CC2)cc1. The molecule has 0 radical (unpaired) electrons. The molecule has 2 aromatic rings. The summed E-state index contributed by atoms with van der Waals surface area (Å²) in [6.45, 7) is 2.06. The first-order chi connectivity index (χ1) is 11.2. The predicted octanol–water partition coefficient (Wildman–Crippen LogP) is 1.68. The monoisotopic (exact) mass is 333 g/mol. The van der Waals surface area contributed by atoms with Gasteiger partial charge in [-0.3, -0.25) is 4.79 Å². The lowest BCUT2D eigenvalue weighted by Crippen LogP contribution is -2.35. The molecule has 3 rings (SSSR count). The number of benzene rings is 1. The number of amides is 1. The van der Waals surface area contributed by atoms with Gasteiger partial charge < -0.3 is 10.1 Å². The summed E-state index contributed by atoms with van der Waals surface area (Å²) < 4.78 is 6.75. The molecule has 7 nitrogen and oxygen atoms in total. The van der Waals surface area contributed by atoms with Crippen LogP contribution in [0.25, 0.3) is 5.69 Å². The largest absolute Gasteiger partial charge is 0.497 e. The molecule has 0 bridgehead atoms. The van der Waals surface area contributed by atoms with Gasteiger partial charge in [-0.15, -0.1) is 5.10 Å². The number of aromatic nitrogens is 4. The van der Waals surface area contributed by atoms with Crippen molar-refractivity contribution in [2.24, 2.45) is 5.92 Å². The average Bonchev–Trinajstić information content (AvgIpc) is 3.32. The highest BCUT2D eigenvalue weighted by atomic mass is 32.2. The van der Waals surface area contributed by atoms with Gasteiger partial charge in [0.1, 0.15) is 5.75 Å². The number of tetrazole rings is 1. The average molecular weight is 333 g/mol. The number of carbonyl (C=O) groups excluding carboxylic acids is 1. The number of thioether (sulfide) groups is 1. The Morgan fingerprint density at radius 1 is 1.43 bits per heavy atom. The van der Waals surface area contributed by atoms with Crippen molar-refractivity contribution in [3.63, 3.8) is 0 Å². The minimum Gasteiger partial charge on any atom is -0.497 e. The van der Waals surface area contributed by atoms with Crippen LogP contribution in [0.2, 0.25) is 0 Å². The van der Waals surface area contributed by atoms with Gasteiger partial charge in [-0.25, -0.2) is 0 Å². The van der Waals surface area contributed by atoms with E-state index in [-0.39, 0.29) is 11.9 Å². The van der Waals surface area contributed by atoms with E-state index in [2.05, 4.69) is 27.8 Å². The maximum Gasteiger partial charge on any atom is 0.230 e. The van der Waals surface area contributed by atoms with Gasteiger partial charge >= 0.3 is 0 Å². The Morgan fingerprint density at radius 3 is 2.83 bits per heavy atom. The van der Waals surface area contributed by atoms with Crippen LogP contribution in [0.4, 0.5) is 0 Å². The number of hydrogen-bond acceptors (Lipinski definition) is 6. The summed E-state index contributed by atoms with van der Waals surface area (Å²) in [6, 6.07) is 7.68. The second-order valence-corrected chi connectivity index (χ2v) is 6.50. The minimum atomic E-state index is 0.0127. The van der Waals surface area contributed by atoms with Crippen LogP contribution in [-0.4, -0.2) is 45.0 Å². The van der Waals surface area contributed by atoms with E-state index in [1.165, 1.54) is 24.6 Å². The van der Waals surface area contributed by atoms with Gasteiger partial charge in [-0.05, 0) is 60.4 Å². The lowest BCUT2D eigenvalue weighted by Gasteiger charge is -2.12. The Bertz CT molecular complexity index is 669. The molecule has 1 heterocycles. The van der Waals surface area contributed by atoms with Crippen LogP contribution in [0.3, 0.4) is 0 Å². The van der Waals surface area contributed by atoms with E-state index in [4.69, 9.17) is 4.74 Å². The number of nitrogens with zero attached hydrogens (tertiary/aromatic N) is 4. The minimum absolute atomic E-state index is 0.0127. The van der Waals surface area contributed by atoms with E-state index in [0.29, 0.717) is 16.8 Å². The van der Waals surface area contributed by atoms with Crippen molar-refractivity contribution in [3.8, 4) is 11.4 Å². The van der Waals surface area contributed by atoms with Crippen molar-refractivity contribution >= 4 is 17.7 Å². The highest BCUT2D eigenvalue weighted by Gasteiger charge is 2.28. The number of nitrogens with one attached hydrogen (secondary N) is 1. The molecular weight excluding hydrogens is 314 g/mol. The Labute approximate surface area is 138 Å². The summed E-state index contributed by atoms with van der Waals surface area (Å²) in [5, 5.41) is 15.3. The van der Waals surface area contributed by atoms with Gasteiger partial charge in [0.15, 0.2) is 0 Å². The Kier molecular flexibility index (Phi) is 4.80. The standard InChI is InChI=1S/C15H19N5O2S/c1-10(11-3-4-11)16-14(21)9-23-15-17-18-19-20(15)12-5-7-13(22-2)8-6-12/h5-8,10-11H,3-4,9H2,1-2H3,(H,16,21)/t10-/m0/s1. The summed E-state index contributed by atoms with van der Waals surface area (Å²) in [5.41, 5.74) is 0.824. The van der Waals surface area contributed by atoms with E-state index in [1.807, 2.05) is 24.3 Å². The smallest absolute Gasteiger partial charge is 0.230 e. The highest BCUT2D eigenvalue weighted by Crippen LogP contribution is 2.32. The van der Waals surface area contributed by atoms with Crippen LogP contribution in [0.5, 0.6) is 5.75 Å². The van der Waals surface area contributed by atoms with E-state index >= 15 is 0 Å². The first kappa shape index (κ1) is 15.8. The molecule has 1 fully saturated rings. The lowest BCUT2D eigenvalue weighted by atomic mass is 10.2. The lowest BCUT2D eigenvalue weighted by molar-refractivity contribution is -0.119. The zero-order chi connectivity index (χ0) is 16.2. The van der Waals surface area contributed by atoms with Crippen LogP contribution in [0, 0.1) is 5.92 Å². The second kappa shape index (κ2) is 6.99. The molecule has 0 saturated heterocycles. The molecule has 1 saturated carbocycles. The molecule has 0 unspecified atom stereocenters. The molecule has 8 heteroatoms. The molecule has 122 valence electrons. The van der Waals surface area contributed by atoms with Crippen molar-refractivity contribution in [3.05, 3.63) is 24.3 Å². The third-order valence-corrected chi connectivity index (χ3v) is 4.73. The van der Waals surface area contributed by atoms with E-state index in [9.17, 15) is 4.79 Å². The maximum absolute atomic E-state index is 12.0. The summed E-state index contributed by atoms with van der Waals surface area (Å²) in [5.74, 6) is 1.73. The van der Waals surface area contributed by atoms with E-state index in [0.717, 1.165) is 11.4 Å². The van der Waals surface area contributed by atoms with Crippen LogP contribution in [0.15, 0.2) is 29.4 Å². The molecule has 1 atom stereocenters. The van der Waals surface area contributed by atoms with Gasteiger partial charge in [-0.1, -0.05) is 11.8 Å². The topological polar surface area (TPSA) is 81.9 Å². The van der Waals surface area contributed by atoms with Gasteiger partial charge in [0.2, 0.25) is 11.1 Å². The van der Waals surface area contributed by atoms with Gasteiger partial charge in [0, 0.05) is 6.04 Å². The number of ether oxygens (including phenoxy) is 1. The van der Waals surface area contributed by atoms with E-state index in [1.54, 1.807) is 11.8 Å². The van der Waals surface area contributed by atoms with Crippen molar-refractivity contribution in [2.75, 3.05) is 12.9 Å². The summed E-state index contributed by atoms with van der Waals surface area (Å²) in [7, 11) is 1.62. The van der Waals surface area contributed by atoms with Crippen molar-refractivity contribution in [1.29, 1.82) is 0 Å². The van der Waals surface area contributed by atoms with Gasteiger partial charge in [0.05, 0.1) is 18.6 Å². The molecule has 1 aromatic heterocycles. The molecule has 1 aromatic carbocycles. The summed E-state index contributed by atoms with van der Waals surface area (Å²) in [6.07, 6.45) is 2.43. The Morgan fingerprint density at radius 2 is 2.17 bits per heavy atom. The Balaban J connectivity index is 1.60. The zero-order valence-corrected chi connectivity index (χ0v) is 13.9. The third kappa shape index (κ3) is 4.01. The number of carbonyl (C=O) groups is 1. The molecule has 23 heavy (non-hydrogen) atoms. The second-order valence-electron chi connectivity index (χ2n) is 5.55. The molecule has 1 aliphatic rings. The molecule has 0 spiro atoms. The number of hydrogen-bond donors (Lipinski definition) is 1. The predicted molar refractivity (Wildman–Crippen MR) is 86.8 cm³/mol. The van der Waals surface area contributed by atoms with Crippen LogP contribution in [0.1, 0.15) is 19.8 Å². The van der Waals surface area contributed by atoms with Crippen LogP contribution in [-0.2, 0) is 4.79 Å². The van der Waals surface area contributed by atoms with Crippen molar-refractivity contribution < 1.29 is 9.53 Å². The van der Waals surface area contributed by atoms with Crippen LogP contribution < -0.4 is 10.1 Å². The molecule has 0 aliphatic heterocycles. The highest BCUT2D eigenvalue weighted by molar-refractivity contribution is 7.99. The first-order valence-corrected chi connectivity index (χ1v) is 8.51. The fourth-order valence-electron chi connectivity index (χ4n) is 2.29. The van der Waals surface area contributed by atoms with Crippen molar-refractivity contribution in [1.82, 2.24) is 25.5 Å². The first-order valence-electron chi connectivity index (χ1n) is 7.52. The van der Waals surface area contributed by atoms with E-state index < -0.39 is 0 Å². The third-order valence-electron chi connectivity index (χ3n) is 3.81. The van der Waals surface area contributed by atoms with Crippen LogP contribution >= 0.6 is 11.8 Å². The quantitative estimate of drug-likeness (QED) is 0.776. The molecule has 1 N–H and O–H groups in total. The fraction of sp³-hybridized carbons (Fsp3) is 0.467. The number of methoxy groups -OCH3 is 1. The van der Waals surface area contributed by atoms with Gasteiger partial charge in [-0.2, -0.15) is 4.68 Å². The summed E-state index contributed by atoms with van der Waals surface area (Å²) in [4.78, 5) is 12.0. The molecular formula is C15H19N5O2S. The maximum atomic E-state index is 12.0. The molecule has 1 amide bonds.